The first kappa shape index (κ1) is 15.4. The number of rotatable bonds is 4. The van der Waals surface area contributed by atoms with E-state index in [4.69, 9.17) is 9.47 Å². The third kappa shape index (κ3) is 3.16. The van der Waals surface area contributed by atoms with E-state index in [-0.39, 0.29) is 5.91 Å². The summed E-state index contributed by atoms with van der Waals surface area (Å²) in [5.74, 6) is 1.68. The molecule has 2 aromatic rings. The van der Waals surface area contributed by atoms with Crippen LogP contribution in [0.1, 0.15) is 28.3 Å². The molecule has 1 amide bonds. The molecule has 4 heteroatoms. The molecule has 0 aromatic heterocycles. The third-order valence-electron chi connectivity index (χ3n) is 4.38. The first-order valence-corrected chi connectivity index (χ1v) is 7.79. The minimum absolute atomic E-state index is 0.0457. The number of nitrogens with zero attached hydrogens (tertiary/aromatic N) is 1. The Morgan fingerprint density at radius 3 is 2.48 bits per heavy atom. The second kappa shape index (κ2) is 6.73. The number of hydrogen-bond donors (Lipinski definition) is 0. The van der Waals surface area contributed by atoms with Crippen LogP contribution in [0.2, 0.25) is 0 Å². The highest BCUT2D eigenvalue weighted by Crippen LogP contribution is 2.31. The minimum atomic E-state index is 0.0457. The molecule has 4 nitrogen and oxygen atoms in total. The molecule has 3 rings (SSSR count). The summed E-state index contributed by atoms with van der Waals surface area (Å²) >= 11 is 0. The van der Waals surface area contributed by atoms with Gasteiger partial charge in [-0.15, -0.1) is 0 Å². The van der Waals surface area contributed by atoms with Crippen LogP contribution in [0, 0.1) is 0 Å². The lowest BCUT2D eigenvalue weighted by molar-refractivity contribution is 0.0790. The van der Waals surface area contributed by atoms with Crippen LogP contribution in [-0.2, 0) is 0 Å². The molecule has 2 aromatic carbocycles. The summed E-state index contributed by atoms with van der Waals surface area (Å²) in [5.41, 5.74) is 1.94. The first-order chi connectivity index (χ1) is 11.2. The Hall–Kier alpha value is -2.49. The molecule has 23 heavy (non-hydrogen) atoms. The predicted octanol–water partition coefficient (Wildman–Crippen LogP) is 3.33. The van der Waals surface area contributed by atoms with E-state index in [1.807, 2.05) is 23.1 Å². The van der Waals surface area contributed by atoms with Crippen LogP contribution in [-0.4, -0.2) is 38.1 Å². The van der Waals surface area contributed by atoms with Gasteiger partial charge in [-0.05, 0) is 30.2 Å². The zero-order valence-electron chi connectivity index (χ0n) is 13.5. The fourth-order valence-electron chi connectivity index (χ4n) is 3.09. The molecule has 0 radical (unpaired) electrons. The zero-order chi connectivity index (χ0) is 16.2. The Labute approximate surface area is 136 Å². The van der Waals surface area contributed by atoms with Crippen LogP contribution in [0.5, 0.6) is 11.5 Å². The smallest absolute Gasteiger partial charge is 0.254 e. The van der Waals surface area contributed by atoms with Crippen molar-refractivity contribution in [3.05, 3.63) is 59.7 Å². The SMILES string of the molecule is COc1ccc(C(=O)N2CCC(c3ccccc3)C2)cc1OC. The molecule has 1 saturated heterocycles. The van der Waals surface area contributed by atoms with Gasteiger partial charge in [0.25, 0.3) is 5.91 Å². The zero-order valence-corrected chi connectivity index (χ0v) is 13.5. The van der Waals surface area contributed by atoms with E-state index in [1.54, 1.807) is 32.4 Å². The maximum atomic E-state index is 12.7. The van der Waals surface area contributed by atoms with Crippen LogP contribution in [0.25, 0.3) is 0 Å². The van der Waals surface area contributed by atoms with Crippen molar-refractivity contribution >= 4 is 5.91 Å². The average Bonchev–Trinajstić information content (AvgIpc) is 3.11. The summed E-state index contributed by atoms with van der Waals surface area (Å²) in [6.07, 6.45) is 1.00. The topological polar surface area (TPSA) is 38.8 Å². The maximum absolute atomic E-state index is 12.7. The van der Waals surface area contributed by atoms with E-state index in [0.29, 0.717) is 23.0 Å². The van der Waals surface area contributed by atoms with Crippen LogP contribution in [0.15, 0.2) is 48.5 Å². The normalized spacial score (nSPS) is 17.1. The summed E-state index contributed by atoms with van der Waals surface area (Å²) in [6.45, 7) is 1.55. The third-order valence-corrected chi connectivity index (χ3v) is 4.38. The van der Waals surface area contributed by atoms with Gasteiger partial charge in [-0.2, -0.15) is 0 Å². The molecular weight excluding hydrogens is 290 g/mol. The molecule has 120 valence electrons. The number of benzene rings is 2. The maximum Gasteiger partial charge on any atom is 0.254 e. The molecule has 1 atom stereocenters. The molecule has 1 fully saturated rings. The highest BCUT2D eigenvalue weighted by Gasteiger charge is 2.28. The van der Waals surface area contributed by atoms with Gasteiger partial charge >= 0.3 is 0 Å². The van der Waals surface area contributed by atoms with Gasteiger partial charge in [-0.1, -0.05) is 30.3 Å². The molecular formula is C19H21NO3. The number of ether oxygens (including phenoxy) is 2. The standard InChI is InChI=1S/C19H21NO3/c1-22-17-9-8-15(12-18(17)23-2)19(21)20-11-10-16(13-20)14-6-4-3-5-7-14/h3-9,12,16H,10-11,13H2,1-2H3. The fourth-order valence-corrected chi connectivity index (χ4v) is 3.09. The summed E-state index contributed by atoms with van der Waals surface area (Å²) in [6, 6.07) is 15.7. The number of carbonyl (C=O) groups excluding carboxylic acids is 1. The quantitative estimate of drug-likeness (QED) is 0.869. The van der Waals surface area contributed by atoms with Crippen molar-refractivity contribution in [2.24, 2.45) is 0 Å². The lowest BCUT2D eigenvalue weighted by atomic mass is 9.99. The molecule has 1 aliphatic heterocycles. The monoisotopic (exact) mass is 311 g/mol. The highest BCUT2D eigenvalue weighted by atomic mass is 16.5. The lowest BCUT2D eigenvalue weighted by Crippen LogP contribution is -2.28. The summed E-state index contributed by atoms with van der Waals surface area (Å²) in [7, 11) is 3.16. The number of methoxy groups -OCH3 is 2. The van der Waals surface area contributed by atoms with Gasteiger partial charge in [0.05, 0.1) is 14.2 Å². The van der Waals surface area contributed by atoms with Crippen LogP contribution in [0.4, 0.5) is 0 Å². The number of amides is 1. The van der Waals surface area contributed by atoms with E-state index >= 15 is 0 Å². The van der Waals surface area contributed by atoms with Crippen molar-refractivity contribution in [1.29, 1.82) is 0 Å². The largest absolute Gasteiger partial charge is 0.493 e. The second-order valence-electron chi connectivity index (χ2n) is 5.72. The molecule has 1 unspecified atom stereocenters. The van der Waals surface area contributed by atoms with Gasteiger partial charge in [0.2, 0.25) is 0 Å². The second-order valence-corrected chi connectivity index (χ2v) is 5.72. The number of carbonyl (C=O) groups is 1. The van der Waals surface area contributed by atoms with E-state index < -0.39 is 0 Å². The van der Waals surface area contributed by atoms with Crippen molar-refractivity contribution in [3.63, 3.8) is 0 Å². The molecule has 0 saturated carbocycles. The Morgan fingerprint density at radius 1 is 1.04 bits per heavy atom. The highest BCUT2D eigenvalue weighted by molar-refractivity contribution is 5.95. The Kier molecular flexibility index (Phi) is 4.51. The molecule has 0 spiro atoms. The summed E-state index contributed by atoms with van der Waals surface area (Å²) < 4.78 is 10.5. The van der Waals surface area contributed by atoms with Crippen molar-refractivity contribution in [2.45, 2.75) is 12.3 Å². The molecule has 1 aliphatic rings. The number of hydrogen-bond acceptors (Lipinski definition) is 3. The van der Waals surface area contributed by atoms with Crippen LogP contribution < -0.4 is 9.47 Å². The van der Waals surface area contributed by atoms with Gasteiger partial charge in [0.15, 0.2) is 11.5 Å². The van der Waals surface area contributed by atoms with E-state index in [1.165, 1.54) is 5.56 Å². The van der Waals surface area contributed by atoms with E-state index in [2.05, 4.69) is 12.1 Å². The first-order valence-electron chi connectivity index (χ1n) is 7.79. The fraction of sp³-hybridized carbons (Fsp3) is 0.316. The lowest BCUT2D eigenvalue weighted by Gasteiger charge is -2.18. The Bertz CT molecular complexity index is 684. The van der Waals surface area contributed by atoms with Crippen LogP contribution >= 0.6 is 0 Å². The average molecular weight is 311 g/mol. The predicted molar refractivity (Wildman–Crippen MR) is 89.2 cm³/mol. The van der Waals surface area contributed by atoms with E-state index in [0.717, 1.165) is 19.5 Å². The van der Waals surface area contributed by atoms with Crippen molar-refractivity contribution in [3.8, 4) is 11.5 Å². The van der Waals surface area contributed by atoms with Crippen LogP contribution in [0.3, 0.4) is 0 Å². The Morgan fingerprint density at radius 2 is 1.78 bits per heavy atom. The van der Waals surface area contributed by atoms with Gasteiger partial charge in [0, 0.05) is 24.6 Å². The number of likely N-dealkylation sites (tertiary alicyclic amines) is 1. The molecule has 0 N–H and O–H groups in total. The van der Waals surface area contributed by atoms with Crippen molar-refractivity contribution in [2.75, 3.05) is 27.3 Å². The minimum Gasteiger partial charge on any atom is -0.493 e. The summed E-state index contributed by atoms with van der Waals surface area (Å²) in [5, 5.41) is 0. The molecule has 1 heterocycles. The Balaban J connectivity index is 1.74. The van der Waals surface area contributed by atoms with Crippen molar-refractivity contribution in [1.82, 2.24) is 4.90 Å². The molecule has 0 bridgehead atoms. The van der Waals surface area contributed by atoms with Gasteiger partial charge in [-0.25, -0.2) is 0 Å². The van der Waals surface area contributed by atoms with Gasteiger partial charge < -0.3 is 14.4 Å². The van der Waals surface area contributed by atoms with E-state index in [9.17, 15) is 4.79 Å². The van der Waals surface area contributed by atoms with Gasteiger partial charge in [-0.3, -0.25) is 4.79 Å². The van der Waals surface area contributed by atoms with Crippen molar-refractivity contribution < 1.29 is 14.3 Å². The van der Waals surface area contributed by atoms with Gasteiger partial charge in [0.1, 0.15) is 0 Å². The summed E-state index contributed by atoms with van der Waals surface area (Å²) in [4.78, 5) is 14.6. The molecule has 0 aliphatic carbocycles.